The SMILES string of the molecule is CCOC(=O)C(NC(=O)CNC(=O)OC(C)(C)C)C(=O)C(C)C. The smallest absolute Gasteiger partial charge is 0.408 e. The molecule has 1 atom stereocenters. The van der Waals surface area contributed by atoms with Crippen LogP contribution in [0.3, 0.4) is 0 Å². The predicted octanol–water partition coefficient (Wildman–Crippen LogP) is 0.784. The fourth-order valence-corrected chi connectivity index (χ4v) is 1.48. The minimum atomic E-state index is -1.39. The van der Waals surface area contributed by atoms with E-state index >= 15 is 0 Å². The highest BCUT2D eigenvalue weighted by Gasteiger charge is 2.31. The van der Waals surface area contributed by atoms with Crippen molar-refractivity contribution in [2.75, 3.05) is 13.2 Å². The molecule has 8 nitrogen and oxygen atoms in total. The molecule has 0 aromatic rings. The van der Waals surface area contributed by atoms with Gasteiger partial charge in [-0.05, 0) is 27.7 Å². The second-order valence-corrected chi connectivity index (χ2v) is 6.17. The minimum Gasteiger partial charge on any atom is -0.464 e. The Bertz CT molecular complexity index is 453. The Morgan fingerprint density at radius 2 is 1.65 bits per heavy atom. The molecule has 0 radical (unpaired) electrons. The number of alkyl carbamates (subject to hydrolysis) is 1. The van der Waals surface area contributed by atoms with Crippen molar-refractivity contribution in [2.45, 2.75) is 53.2 Å². The van der Waals surface area contributed by atoms with E-state index in [1.807, 2.05) is 0 Å². The Labute approximate surface area is 136 Å². The van der Waals surface area contributed by atoms with Crippen LogP contribution in [-0.2, 0) is 23.9 Å². The van der Waals surface area contributed by atoms with Gasteiger partial charge in [0.25, 0.3) is 0 Å². The Kier molecular flexibility index (Phi) is 8.28. The van der Waals surface area contributed by atoms with Crippen molar-refractivity contribution in [3.8, 4) is 0 Å². The highest BCUT2D eigenvalue weighted by atomic mass is 16.6. The summed E-state index contributed by atoms with van der Waals surface area (Å²) < 4.78 is 9.76. The van der Waals surface area contributed by atoms with Crippen LogP contribution in [-0.4, -0.2) is 48.5 Å². The van der Waals surface area contributed by atoms with E-state index in [0.29, 0.717) is 0 Å². The maximum atomic E-state index is 12.0. The molecule has 1 unspecified atom stereocenters. The molecule has 8 heteroatoms. The van der Waals surface area contributed by atoms with Crippen LogP contribution in [0.5, 0.6) is 0 Å². The van der Waals surface area contributed by atoms with Crippen molar-refractivity contribution in [3.63, 3.8) is 0 Å². The maximum absolute atomic E-state index is 12.0. The zero-order chi connectivity index (χ0) is 18.2. The van der Waals surface area contributed by atoms with Gasteiger partial charge in [-0.1, -0.05) is 13.8 Å². The topological polar surface area (TPSA) is 111 Å². The van der Waals surface area contributed by atoms with E-state index in [2.05, 4.69) is 10.6 Å². The van der Waals surface area contributed by atoms with Gasteiger partial charge in [-0.15, -0.1) is 0 Å². The first-order valence-corrected chi connectivity index (χ1v) is 7.44. The van der Waals surface area contributed by atoms with Gasteiger partial charge in [0.2, 0.25) is 5.91 Å². The normalized spacial score (nSPS) is 12.3. The van der Waals surface area contributed by atoms with Crippen molar-refractivity contribution in [1.82, 2.24) is 10.6 Å². The molecule has 0 fully saturated rings. The largest absolute Gasteiger partial charge is 0.464 e. The molecule has 0 saturated carbocycles. The lowest BCUT2D eigenvalue weighted by molar-refractivity contribution is -0.151. The highest BCUT2D eigenvalue weighted by Crippen LogP contribution is 2.06. The summed E-state index contributed by atoms with van der Waals surface area (Å²) in [5, 5.41) is 4.51. The standard InChI is InChI=1S/C15H26N2O6/c1-7-22-13(20)11(12(19)9(2)3)17-10(18)8-16-14(21)23-15(4,5)6/h9,11H,7-8H2,1-6H3,(H,16,21)(H,17,18). The molecule has 132 valence electrons. The lowest BCUT2D eigenvalue weighted by Crippen LogP contribution is -2.51. The first-order chi connectivity index (χ1) is 10.5. The van der Waals surface area contributed by atoms with Crippen LogP contribution in [0.4, 0.5) is 4.79 Å². The van der Waals surface area contributed by atoms with E-state index in [0.717, 1.165) is 0 Å². The van der Waals surface area contributed by atoms with E-state index in [1.54, 1.807) is 41.5 Å². The average Bonchev–Trinajstić information content (AvgIpc) is 2.40. The van der Waals surface area contributed by atoms with E-state index in [1.165, 1.54) is 0 Å². The first-order valence-electron chi connectivity index (χ1n) is 7.44. The van der Waals surface area contributed by atoms with Crippen molar-refractivity contribution in [3.05, 3.63) is 0 Å². The number of rotatable bonds is 7. The quantitative estimate of drug-likeness (QED) is 0.527. The van der Waals surface area contributed by atoms with Crippen LogP contribution in [0.15, 0.2) is 0 Å². The number of hydrogen-bond donors (Lipinski definition) is 2. The van der Waals surface area contributed by atoms with Gasteiger partial charge in [-0.25, -0.2) is 9.59 Å². The number of ether oxygens (including phenoxy) is 2. The van der Waals surface area contributed by atoms with E-state index in [9.17, 15) is 19.2 Å². The summed E-state index contributed by atoms with van der Waals surface area (Å²) in [6.07, 6.45) is -0.768. The molecule has 2 amide bonds. The molecule has 0 aliphatic rings. The third kappa shape index (κ3) is 8.80. The highest BCUT2D eigenvalue weighted by molar-refractivity contribution is 6.06. The Morgan fingerprint density at radius 1 is 1.09 bits per heavy atom. The van der Waals surface area contributed by atoms with Crippen LogP contribution < -0.4 is 10.6 Å². The van der Waals surface area contributed by atoms with E-state index in [-0.39, 0.29) is 6.61 Å². The Hall–Kier alpha value is -2.12. The van der Waals surface area contributed by atoms with Crippen LogP contribution >= 0.6 is 0 Å². The number of esters is 1. The molecule has 0 rings (SSSR count). The van der Waals surface area contributed by atoms with Crippen LogP contribution in [0.1, 0.15) is 41.5 Å². The molecular weight excluding hydrogens is 304 g/mol. The molecule has 0 bridgehead atoms. The third-order valence-electron chi connectivity index (χ3n) is 2.47. The number of amides is 2. The summed E-state index contributed by atoms with van der Waals surface area (Å²) in [6, 6.07) is -1.39. The van der Waals surface area contributed by atoms with Crippen molar-refractivity contribution < 1.29 is 28.7 Å². The summed E-state index contributed by atoms with van der Waals surface area (Å²) >= 11 is 0. The summed E-state index contributed by atoms with van der Waals surface area (Å²) in [4.78, 5) is 47.0. The number of hydrogen-bond acceptors (Lipinski definition) is 6. The number of ketones is 1. The maximum Gasteiger partial charge on any atom is 0.408 e. The van der Waals surface area contributed by atoms with Crippen molar-refractivity contribution >= 4 is 23.8 Å². The van der Waals surface area contributed by atoms with Crippen molar-refractivity contribution in [2.24, 2.45) is 5.92 Å². The van der Waals surface area contributed by atoms with Crippen LogP contribution in [0.2, 0.25) is 0 Å². The van der Waals surface area contributed by atoms with Crippen molar-refractivity contribution in [1.29, 1.82) is 0 Å². The fourth-order valence-electron chi connectivity index (χ4n) is 1.48. The van der Waals surface area contributed by atoms with Gasteiger partial charge in [-0.3, -0.25) is 9.59 Å². The summed E-state index contributed by atoms with van der Waals surface area (Å²) in [6.45, 7) is 9.54. The molecule has 2 N–H and O–H groups in total. The minimum absolute atomic E-state index is 0.0900. The Balaban J connectivity index is 4.63. The van der Waals surface area contributed by atoms with Gasteiger partial charge in [0, 0.05) is 5.92 Å². The number of carbonyl (C=O) groups excluding carboxylic acids is 4. The molecular formula is C15H26N2O6. The zero-order valence-electron chi connectivity index (χ0n) is 14.5. The van der Waals surface area contributed by atoms with E-state index < -0.39 is 47.9 Å². The zero-order valence-corrected chi connectivity index (χ0v) is 14.5. The Morgan fingerprint density at radius 3 is 2.09 bits per heavy atom. The molecule has 0 aliphatic heterocycles. The molecule has 0 saturated heterocycles. The number of carbonyl (C=O) groups is 4. The number of Topliss-reactive ketones (excluding diaryl/α,β-unsaturated/α-hetero) is 1. The molecule has 0 aromatic heterocycles. The lowest BCUT2D eigenvalue weighted by Gasteiger charge is -2.20. The molecule has 0 spiro atoms. The molecule has 0 heterocycles. The second-order valence-electron chi connectivity index (χ2n) is 6.17. The van der Waals surface area contributed by atoms with Gasteiger partial charge in [-0.2, -0.15) is 0 Å². The summed E-state index contributed by atoms with van der Waals surface area (Å²) in [7, 11) is 0. The monoisotopic (exact) mass is 330 g/mol. The molecule has 23 heavy (non-hydrogen) atoms. The fraction of sp³-hybridized carbons (Fsp3) is 0.733. The predicted molar refractivity (Wildman–Crippen MR) is 82.6 cm³/mol. The molecule has 0 aliphatic carbocycles. The van der Waals surface area contributed by atoms with Crippen LogP contribution in [0, 0.1) is 5.92 Å². The second kappa shape index (κ2) is 9.12. The average molecular weight is 330 g/mol. The van der Waals surface area contributed by atoms with Gasteiger partial charge in [0.1, 0.15) is 12.1 Å². The third-order valence-corrected chi connectivity index (χ3v) is 2.47. The summed E-state index contributed by atoms with van der Waals surface area (Å²) in [5.41, 5.74) is -0.693. The first kappa shape index (κ1) is 20.9. The van der Waals surface area contributed by atoms with Gasteiger partial charge in [0.15, 0.2) is 11.8 Å². The molecule has 0 aromatic carbocycles. The van der Waals surface area contributed by atoms with Gasteiger partial charge >= 0.3 is 12.1 Å². The number of nitrogens with one attached hydrogen (secondary N) is 2. The summed E-state index contributed by atoms with van der Waals surface area (Å²) in [5.74, 6) is -2.43. The van der Waals surface area contributed by atoms with Gasteiger partial charge in [0.05, 0.1) is 6.61 Å². The van der Waals surface area contributed by atoms with Gasteiger partial charge < -0.3 is 20.1 Å². The lowest BCUT2D eigenvalue weighted by atomic mass is 10.0. The van der Waals surface area contributed by atoms with Crippen LogP contribution in [0.25, 0.3) is 0 Å². The van der Waals surface area contributed by atoms with E-state index in [4.69, 9.17) is 9.47 Å².